The zero-order valence-corrected chi connectivity index (χ0v) is 16.3. The maximum absolute atomic E-state index is 13.4. The topological polar surface area (TPSA) is 46.3 Å². The summed E-state index contributed by atoms with van der Waals surface area (Å²) in [5.74, 6) is 0.812. The fourth-order valence-corrected chi connectivity index (χ4v) is 3.82. The van der Waals surface area contributed by atoms with E-state index < -0.39 is 0 Å². The van der Waals surface area contributed by atoms with E-state index in [1.54, 1.807) is 22.4 Å². The third-order valence-corrected chi connectivity index (χ3v) is 5.67. The van der Waals surface area contributed by atoms with Crippen LogP contribution in [0.2, 0.25) is 0 Å². The maximum atomic E-state index is 13.4. The number of fused-ring (bicyclic) bond motifs is 1. The lowest BCUT2D eigenvalue weighted by Gasteiger charge is -2.20. The first-order chi connectivity index (χ1) is 13.0. The van der Waals surface area contributed by atoms with Gasteiger partial charge in [-0.3, -0.25) is 9.69 Å². The summed E-state index contributed by atoms with van der Waals surface area (Å²) in [6.07, 6.45) is 1.70. The van der Waals surface area contributed by atoms with Gasteiger partial charge in [-0.1, -0.05) is 12.1 Å². The second kappa shape index (κ2) is 7.00. The van der Waals surface area contributed by atoms with Crippen molar-refractivity contribution in [3.63, 3.8) is 0 Å². The van der Waals surface area contributed by atoms with Gasteiger partial charge in [-0.15, -0.1) is 11.3 Å². The monoisotopic (exact) mass is 376 g/mol. The van der Waals surface area contributed by atoms with E-state index in [4.69, 9.17) is 4.42 Å². The van der Waals surface area contributed by atoms with E-state index in [0.29, 0.717) is 18.1 Å². The van der Waals surface area contributed by atoms with Crippen LogP contribution in [0.5, 0.6) is 0 Å². The predicted octanol–water partition coefficient (Wildman–Crippen LogP) is 5.66. The van der Waals surface area contributed by atoms with E-state index in [2.05, 4.69) is 18.0 Å². The lowest BCUT2D eigenvalue weighted by atomic mass is 10.0. The van der Waals surface area contributed by atoms with Crippen molar-refractivity contribution >= 4 is 34.0 Å². The molecule has 0 aliphatic heterocycles. The molecule has 0 saturated carbocycles. The van der Waals surface area contributed by atoms with Crippen LogP contribution < -0.4 is 4.90 Å². The number of hydrogen-bond donors (Lipinski definition) is 0. The van der Waals surface area contributed by atoms with Gasteiger partial charge in [0.1, 0.15) is 11.4 Å². The summed E-state index contributed by atoms with van der Waals surface area (Å²) in [4.78, 5) is 20.6. The van der Waals surface area contributed by atoms with Gasteiger partial charge >= 0.3 is 0 Å². The number of furan rings is 1. The van der Waals surface area contributed by atoms with Gasteiger partial charge in [-0.25, -0.2) is 4.98 Å². The summed E-state index contributed by atoms with van der Waals surface area (Å²) in [5.41, 5.74) is 3.95. The van der Waals surface area contributed by atoms with Crippen LogP contribution in [0, 0.1) is 20.8 Å². The second-order valence-corrected chi connectivity index (χ2v) is 7.68. The highest BCUT2D eigenvalue weighted by molar-refractivity contribution is 7.09. The van der Waals surface area contributed by atoms with Crippen LogP contribution in [-0.2, 0) is 6.54 Å². The van der Waals surface area contributed by atoms with Crippen LogP contribution in [-0.4, -0.2) is 10.9 Å². The Hall–Kier alpha value is -2.92. The highest BCUT2D eigenvalue weighted by atomic mass is 32.1. The summed E-state index contributed by atoms with van der Waals surface area (Å²) in [6, 6.07) is 13.7. The van der Waals surface area contributed by atoms with Crippen LogP contribution >= 0.6 is 11.3 Å². The smallest absolute Gasteiger partial charge is 0.295 e. The van der Waals surface area contributed by atoms with Crippen molar-refractivity contribution in [2.75, 3.05) is 4.90 Å². The van der Waals surface area contributed by atoms with Crippen LogP contribution in [0.3, 0.4) is 0 Å². The molecule has 0 radical (unpaired) electrons. The molecule has 0 aliphatic carbocycles. The van der Waals surface area contributed by atoms with Crippen LogP contribution in [0.25, 0.3) is 11.0 Å². The molecule has 1 amide bonds. The number of rotatable bonds is 4. The molecule has 136 valence electrons. The Kier molecular flexibility index (Phi) is 4.54. The number of thiophene rings is 1. The standard InChI is InChI=1S/C22H20N2O2S/c1-14-11-18-16(3)21(26-19(18)12-15(14)2)22(25)24(13-17-7-6-10-27-17)20-8-4-5-9-23-20/h4-12H,13H2,1-3H3. The van der Waals surface area contributed by atoms with E-state index in [-0.39, 0.29) is 5.91 Å². The fourth-order valence-electron chi connectivity index (χ4n) is 3.13. The number of hydrogen-bond acceptors (Lipinski definition) is 4. The van der Waals surface area contributed by atoms with Crippen molar-refractivity contribution in [1.29, 1.82) is 0 Å². The summed E-state index contributed by atoms with van der Waals surface area (Å²) in [7, 11) is 0. The number of amides is 1. The molecule has 3 heterocycles. The Bertz CT molecular complexity index is 1100. The van der Waals surface area contributed by atoms with Crippen molar-refractivity contribution in [3.05, 3.63) is 81.4 Å². The van der Waals surface area contributed by atoms with E-state index in [9.17, 15) is 4.79 Å². The Balaban J connectivity index is 1.79. The molecular weight excluding hydrogens is 356 g/mol. The fraction of sp³-hybridized carbons (Fsp3) is 0.182. The Morgan fingerprint density at radius 2 is 1.93 bits per heavy atom. The first-order valence-electron chi connectivity index (χ1n) is 8.80. The largest absolute Gasteiger partial charge is 0.451 e. The first-order valence-corrected chi connectivity index (χ1v) is 9.68. The molecule has 27 heavy (non-hydrogen) atoms. The van der Waals surface area contributed by atoms with Crippen LogP contribution in [0.1, 0.15) is 32.1 Å². The Morgan fingerprint density at radius 1 is 1.11 bits per heavy atom. The minimum atomic E-state index is -0.175. The van der Waals surface area contributed by atoms with Crippen molar-refractivity contribution < 1.29 is 9.21 Å². The molecule has 0 bridgehead atoms. The number of anilines is 1. The highest BCUT2D eigenvalue weighted by Crippen LogP contribution is 2.30. The molecule has 0 N–H and O–H groups in total. The summed E-state index contributed by atoms with van der Waals surface area (Å²) in [5, 5.41) is 2.99. The number of benzene rings is 1. The third kappa shape index (κ3) is 3.26. The second-order valence-electron chi connectivity index (χ2n) is 6.65. The maximum Gasteiger partial charge on any atom is 0.295 e. The van der Waals surface area contributed by atoms with E-state index in [1.807, 2.05) is 55.6 Å². The summed E-state index contributed by atoms with van der Waals surface area (Å²) in [6.45, 7) is 6.52. The number of aryl methyl sites for hydroxylation is 3. The van der Waals surface area contributed by atoms with Crippen molar-refractivity contribution in [2.45, 2.75) is 27.3 Å². The highest BCUT2D eigenvalue weighted by Gasteiger charge is 2.26. The van der Waals surface area contributed by atoms with Crippen molar-refractivity contribution in [1.82, 2.24) is 4.98 Å². The minimum absolute atomic E-state index is 0.175. The van der Waals surface area contributed by atoms with Crippen molar-refractivity contribution in [3.8, 4) is 0 Å². The number of pyridine rings is 1. The van der Waals surface area contributed by atoms with Gasteiger partial charge in [-0.2, -0.15) is 0 Å². The molecule has 3 aromatic heterocycles. The van der Waals surface area contributed by atoms with Gasteiger partial charge in [-0.05, 0) is 67.6 Å². The van der Waals surface area contributed by atoms with E-state index in [0.717, 1.165) is 27.0 Å². The van der Waals surface area contributed by atoms with Gasteiger partial charge in [0, 0.05) is 22.0 Å². The van der Waals surface area contributed by atoms with E-state index >= 15 is 0 Å². The quantitative estimate of drug-likeness (QED) is 0.461. The van der Waals surface area contributed by atoms with Crippen molar-refractivity contribution in [2.24, 2.45) is 0 Å². The molecular formula is C22H20N2O2S. The zero-order chi connectivity index (χ0) is 19.0. The number of carbonyl (C=O) groups excluding carboxylic acids is 1. The molecule has 5 heteroatoms. The first kappa shape index (κ1) is 17.5. The molecule has 1 aromatic carbocycles. The van der Waals surface area contributed by atoms with Crippen LogP contribution in [0.15, 0.2) is 58.5 Å². The molecule has 0 atom stereocenters. The SMILES string of the molecule is Cc1cc2oc(C(=O)N(Cc3cccs3)c3ccccn3)c(C)c2cc1C. The van der Waals surface area contributed by atoms with E-state index in [1.165, 1.54) is 5.56 Å². The lowest BCUT2D eigenvalue weighted by molar-refractivity contribution is 0.0959. The average Bonchev–Trinajstić information content (AvgIpc) is 3.29. The predicted molar refractivity (Wildman–Crippen MR) is 109 cm³/mol. The van der Waals surface area contributed by atoms with Gasteiger partial charge in [0.15, 0.2) is 5.76 Å². The molecule has 0 unspecified atom stereocenters. The lowest BCUT2D eigenvalue weighted by Crippen LogP contribution is -2.31. The molecule has 4 aromatic rings. The molecule has 0 saturated heterocycles. The molecule has 4 nitrogen and oxygen atoms in total. The number of nitrogens with zero attached hydrogens (tertiary/aromatic N) is 2. The van der Waals surface area contributed by atoms with Gasteiger partial charge in [0.05, 0.1) is 6.54 Å². The Labute approximate surface area is 162 Å². The molecule has 0 aliphatic rings. The number of aromatic nitrogens is 1. The molecule has 0 spiro atoms. The number of carbonyl (C=O) groups is 1. The normalized spacial score (nSPS) is 11.1. The molecule has 4 rings (SSSR count). The van der Waals surface area contributed by atoms with Crippen LogP contribution in [0.4, 0.5) is 5.82 Å². The summed E-state index contributed by atoms with van der Waals surface area (Å²) < 4.78 is 6.00. The third-order valence-electron chi connectivity index (χ3n) is 4.81. The molecule has 0 fully saturated rings. The Morgan fingerprint density at radius 3 is 2.63 bits per heavy atom. The average molecular weight is 376 g/mol. The minimum Gasteiger partial charge on any atom is -0.451 e. The van der Waals surface area contributed by atoms with Gasteiger partial charge < -0.3 is 4.42 Å². The van der Waals surface area contributed by atoms with Gasteiger partial charge in [0.25, 0.3) is 5.91 Å². The summed E-state index contributed by atoms with van der Waals surface area (Å²) >= 11 is 1.62. The van der Waals surface area contributed by atoms with Gasteiger partial charge in [0.2, 0.25) is 0 Å². The zero-order valence-electron chi connectivity index (χ0n) is 15.5.